The summed E-state index contributed by atoms with van der Waals surface area (Å²) in [7, 11) is 0. The maximum atomic E-state index is 12.9. The number of phenols is 1. The molecule has 1 aromatic heterocycles. The Kier molecular flexibility index (Phi) is 5.01. The number of fused-ring (bicyclic) bond motifs is 1. The number of nitrogens with zero attached hydrogens (tertiary/aromatic N) is 2. The highest BCUT2D eigenvalue weighted by atomic mass is 16.4. The molecule has 3 aromatic rings. The van der Waals surface area contributed by atoms with Gasteiger partial charge in [-0.2, -0.15) is 0 Å². The third-order valence-electron chi connectivity index (χ3n) is 5.76. The summed E-state index contributed by atoms with van der Waals surface area (Å²) in [5.74, 6) is 0.0168. The van der Waals surface area contributed by atoms with Crippen LogP contribution in [-0.4, -0.2) is 42.1 Å². The normalized spacial score (nSPS) is 14.4. The number of amides is 1. The Balaban J connectivity index is 1.51. The van der Waals surface area contributed by atoms with Gasteiger partial charge in [0, 0.05) is 42.8 Å². The van der Waals surface area contributed by atoms with E-state index >= 15 is 0 Å². The first kappa shape index (κ1) is 19.1. The topological polar surface area (TPSA) is 74.0 Å². The van der Waals surface area contributed by atoms with E-state index in [1.165, 1.54) is 0 Å². The molecule has 2 aromatic carbocycles. The van der Waals surface area contributed by atoms with Crippen LogP contribution in [0.25, 0.3) is 11.0 Å². The van der Waals surface area contributed by atoms with Crippen LogP contribution >= 0.6 is 0 Å². The predicted molar refractivity (Wildman–Crippen MR) is 113 cm³/mol. The van der Waals surface area contributed by atoms with Crippen molar-refractivity contribution in [1.82, 2.24) is 4.90 Å². The number of rotatable bonds is 3. The number of aromatic hydroxyl groups is 1. The second kappa shape index (κ2) is 7.62. The quantitative estimate of drug-likeness (QED) is 0.694. The van der Waals surface area contributed by atoms with Gasteiger partial charge in [0.15, 0.2) is 0 Å². The molecule has 6 nitrogen and oxygen atoms in total. The lowest BCUT2D eigenvalue weighted by Gasteiger charge is -2.36. The van der Waals surface area contributed by atoms with Gasteiger partial charge in [-0.1, -0.05) is 18.2 Å². The molecule has 1 saturated heterocycles. The summed E-state index contributed by atoms with van der Waals surface area (Å²) < 4.78 is 5.45. The van der Waals surface area contributed by atoms with Crippen molar-refractivity contribution < 1.29 is 14.3 Å². The van der Waals surface area contributed by atoms with Crippen molar-refractivity contribution >= 4 is 22.6 Å². The highest BCUT2D eigenvalue weighted by Crippen LogP contribution is 2.28. The smallest absolute Gasteiger partial charge is 0.340 e. The first-order valence-electron chi connectivity index (χ1n) is 9.78. The molecule has 1 N–H and O–H groups in total. The summed E-state index contributed by atoms with van der Waals surface area (Å²) in [6.45, 7) is 6.30. The minimum absolute atomic E-state index is 0.0232. The molecular formula is C23H24N2O4. The molecular weight excluding hydrogens is 368 g/mol. The number of hydrogen-bond acceptors (Lipinski definition) is 5. The number of hydrogen-bond donors (Lipinski definition) is 1. The summed E-state index contributed by atoms with van der Waals surface area (Å²) in [5, 5.41) is 10.6. The van der Waals surface area contributed by atoms with Crippen LogP contribution < -0.4 is 10.5 Å². The van der Waals surface area contributed by atoms with Crippen molar-refractivity contribution in [3.05, 3.63) is 69.6 Å². The molecule has 1 aliphatic rings. The Labute approximate surface area is 169 Å². The number of aryl methyl sites for hydroxylation is 2. The van der Waals surface area contributed by atoms with Gasteiger partial charge in [-0.05, 0) is 43.7 Å². The molecule has 2 heterocycles. The molecule has 29 heavy (non-hydrogen) atoms. The third-order valence-corrected chi connectivity index (χ3v) is 5.76. The van der Waals surface area contributed by atoms with Gasteiger partial charge < -0.3 is 19.3 Å². The van der Waals surface area contributed by atoms with Gasteiger partial charge in [0.25, 0.3) is 0 Å². The van der Waals surface area contributed by atoms with Crippen molar-refractivity contribution in [2.24, 2.45) is 0 Å². The van der Waals surface area contributed by atoms with E-state index in [0.717, 1.165) is 29.7 Å². The van der Waals surface area contributed by atoms with Gasteiger partial charge in [0.05, 0.1) is 12.0 Å². The second-order valence-corrected chi connectivity index (χ2v) is 7.46. The minimum Gasteiger partial charge on any atom is -0.508 e. The van der Waals surface area contributed by atoms with Crippen molar-refractivity contribution in [2.75, 3.05) is 31.1 Å². The standard InChI is InChI=1S/C23H24N2O4/c1-15-18-8-9-20(26)16(2)22(18)29-23(28)19(15)14-21(27)25-12-10-24(11-13-25)17-6-4-3-5-7-17/h3-9,26H,10-14H2,1-2H3. The SMILES string of the molecule is Cc1c(CC(=O)N2CCN(c3ccccc3)CC2)c(=O)oc2c(C)c(O)ccc12. The fourth-order valence-corrected chi connectivity index (χ4v) is 3.90. The zero-order valence-electron chi connectivity index (χ0n) is 16.6. The number of carbonyl (C=O) groups is 1. The molecule has 0 atom stereocenters. The monoisotopic (exact) mass is 392 g/mol. The molecule has 1 amide bonds. The van der Waals surface area contributed by atoms with Crippen LogP contribution in [0.5, 0.6) is 5.75 Å². The van der Waals surface area contributed by atoms with Crippen LogP contribution in [0, 0.1) is 13.8 Å². The molecule has 0 spiro atoms. The zero-order valence-corrected chi connectivity index (χ0v) is 16.6. The van der Waals surface area contributed by atoms with E-state index < -0.39 is 5.63 Å². The van der Waals surface area contributed by atoms with E-state index in [1.54, 1.807) is 19.1 Å². The predicted octanol–water partition coefficient (Wildman–Crippen LogP) is 3.01. The lowest BCUT2D eigenvalue weighted by molar-refractivity contribution is -0.130. The van der Waals surface area contributed by atoms with E-state index in [1.807, 2.05) is 30.0 Å². The second-order valence-electron chi connectivity index (χ2n) is 7.46. The highest BCUT2D eigenvalue weighted by Gasteiger charge is 2.24. The average molecular weight is 392 g/mol. The van der Waals surface area contributed by atoms with Gasteiger partial charge >= 0.3 is 5.63 Å². The number of phenolic OH excluding ortho intramolecular Hbond substituents is 1. The lowest BCUT2D eigenvalue weighted by atomic mass is 10.0. The Morgan fingerprint density at radius 1 is 1.00 bits per heavy atom. The molecule has 6 heteroatoms. The molecule has 150 valence electrons. The number of anilines is 1. The van der Waals surface area contributed by atoms with E-state index in [2.05, 4.69) is 17.0 Å². The van der Waals surface area contributed by atoms with Gasteiger partial charge in [0.1, 0.15) is 11.3 Å². The molecule has 0 saturated carbocycles. The molecule has 0 radical (unpaired) electrons. The molecule has 4 rings (SSSR count). The Bertz CT molecular complexity index is 1110. The Morgan fingerprint density at radius 3 is 2.38 bits per heavy atom. The van der Waals surface area contributed by atoms with Gasteiger partial charge in [0.2, 0.25) is 5.91 Å². The molecule has 1 fully saturated rings. The first-order valence-corrected chi connectivity index (χ1v) is 9.78. The van der Waals surface area contributed by atoms with Crippen LogP contribution in [0.2, 0.25) is 0 Å². The van der Waals surface area contributed by atoms with E-state index in [4.69, 9.17) is 4.42 Å². The third kappa shape index (κ3) is 3.58. The van der Waals surface area contributed by atoms with Gasteiger partial charge in [-0.15, -0.1) is 0 Å². The van der Waals surface area contributed by atoms with Crippen molar-refractivity contribution in [3.8, 4) is 5.75 Å². The highest BCUT2D eigenvalue weighted by molar-refractivity contribution is 5.87. The molecule has 0 bridgehead atoms. The van der Waals surface area contributed by atoms with Gasteiger partial charge in [-0.3, -0.25) is 4.79 Å². The van der Waals surface area contributed by atoms with E-state index in [9.17, 15) is 14.7 Å². The van der Waals surface area contributed by atoms with Crippen LogP contribution in [0.3, 0.4) is 0 Å². The fraction of sp³-hybridized carbons (Fsp3) is 0.304. The molecule has 0 unspecified atom stereocenters. The summed E-state index contributed by atoms with van der Waals surface area (Å²) in [6, 6.07) is 13.5. The number of piperazine rings is 1. The zero-order chi connectivity index (χ0) is 20.5. The fourth-order valence-electron chi connectivity index (χ4n) is 3.90. The van der Waals surface area contributed by atoms with Gasteiger partial charge in [-0.25, -0.2) is 4.79 Å². The summed E-state index contributed by atoms with van der Waals surface area (Å²) >= 11 is 0. The Hall–Kier alpha value is -3.28. The number of carbonyl (C=O) groups excluding carboxylic acids is 1. The molecule has 0 aliphatic carbocycles. The Morgan fingerprint density at radius 2 is 1.69 bits per heavy atom. The van der Waals surface area contributed by atoms with Crippen LogP contribution in [-0.2, 0) is 11.2 Å². The maximum absolute atomic E-state index is 12.9. The average Bonchev–Trinajstić information content (AvgIpc) is 2.74. The maximum Gasteiger partial charge on any atom is 0.340 e. The van der Waals surface area contributed by atoms with Crippen LogP contribution in [0.15, 0.2) is 51.7 Å². The first-order chi connectivity index (χ1) is 14.0. The number of para-hydroxylation sites is 1. The van der Waals surface area contributed by atoms with Crippen molar-refractivity contribution in [3.63, 3.8) is 0 Å². The summed E-state index contributed by atoms with van der Waals surface area (Å²) in [6.07, 6.45) is 0.0232. The largest absolute Gasteiger partial charge is 0.508 e. The number of benzene rings is 2. The van der Waals surface area contributed by atoms with E-state index in [-0.39, 0.29) is 18.1 Å². The molecule has 1 aliphatic heterocycles. The van der Waals surface area contributed by atoms with Crippen LogP contribution in [0.1, 0.15) is 16.7 Å². The summed E-state index contributed by atoms with van der Waals surface area (Å²) in [5.41, 5.74) is 2.66. The van der Waals surface area contributed by atoms with E-state index in [0.29, 0.717) is 29.8 Å². The van der Waals surface area contributed by atoms with Crippen molar-refractivity contribution in [1.29, 1.82) is 0 Å². The van der Waals surface area contributed by atoms with Crippen LogP contribution in [0.4, 0.5) is 5.69 Å². The lowest BCUT2D eigenvalue weighted by Crippen LogP contribution is -2.49. The minimum atomic E-state index is -0.514. The summed E-state index contributed by atoms with van der Waals surface area (Å²) in [4.78, 5) is 29.5. The van der Waals surface area contributed by atoms with Crippen molar-refractivity contribution in [2.45, 2.75) is 20.3 Å².